The standard InChI is InChI=1S/C14H8N2O5/c17-13-9-3-2-8(16(20)21)6-12(9)15-11-4-1-7(14(18)19)5-10(11)13/h1-6H,(H,15,17)(H,18,19). The second kappa shape index (κ2) is 4.41. The van der Waals surface area contributed by atoms with Gasteiger partial charge in [-0.05, 0) is 24.3 Å². The third-order valence-electron chi connectivity index (χ3n) is 3.24. The van der Waals surface area contributed by atoms with Crippen molar-refractivity contribution in [2.24, 2.45) is 0 Å². The van der Waals surface area contributed by atoms with E-state index in [1.165, 1.54) is 36.4 Å². The number of carboxylic acid groups (broad SMARTS) is 1. The molecule has 21 heavy (non-hydrogen) atoms. The average Bonchev–Trinajstić information content (AvgIpc) is 2.46. The Morgan fingerprint density at radius 2 is 1.86 bits per heavy atom. The van der Waals surface area contributed by atoms with Gasteiger partial charge in [0.2, 0.25) is 0 Å². The monoisotopic (exact) mass is 284 g/mol. The zero-order valence-electron chi connectivity index (χ0n) is 10.5. The van der Waals surface area contributed by atoms with Gasteiger partial charge in [-0.2, -0.15) is 0 Å². The second-order valence-electron chi connectivity index (χ2n) is 4.51. The number of carboxylic acids is 1. The number of aromatic amines is 1. The van der Waals surface area contributed by atoms with Crippen LogP contribution in [0.25, 0.3) is 21.8 Å². The molecule has 0 fully saturated rings. The summed E-state index contributed by atoms with van der Waals surface area (Å²) in [6.07, 6.45) is 0. The molecule has 2 aromatic carbocycles. The van der Waals surface area contributed by atoms with Crippen molar-refractivity contribution < 1.29 is 14.8 Å². The van der Waals surface area contributed by atoms with E-state index in [2.05, 4.69) is 4.98 Å². The molecule has 0 unspecified atom stereocenters. The second-order valence-corrected chi connectivity index (χ2v) is 4.51. The van der Waals surface area contributed by atoms with Crippen LogP contribution in [0.2, 0.25) is 0 Å². The molecular formula is C14H8N2O5. The number of benzene rings is 2. The summed E-state index contributed by atoms with van der Waals surface area (Å²) < 4.78 is 0. The van der Waals surface area contributed by atoms with Crippen molar-refractivity contribution in [3.63, 3.8) is 0 Å². The van der Waals surface area contributed by atoms with Gasteiger partial charge in [-0.15, -0.1) is 0 Å². The van der Waals surface area contributed by atoms with E-state index in [0.717, 1.165) is 0 Å². The minimum atomic E-state index is -1.12. The highest BCUT2D eigenvalue weighted by atomic mass is 16.6. The van der Waals surface area contributed by atoms with Gasteiger partial charge in [0.1, 0.15) is 0 Å². The van der Waals surface area contributed by atoms with E-state index < -0.39 is 10.9 Å². The van der Waals surface area contributed by atoms with Crippen molar-refractivity contribution >= 4 is 33.5 Å². The Kier molecular flexibility index (Phi) is 2.69. The van der Waals surface area contributed by atoms with Crippen LogP contribution in [0.5, 0.6) is 0 Å². The number of hydrogen-bond acceptors (Lipinski definition) is 4. The molecule has 1 heterocycles. The number of H-pyrrole nitrogens is 1. The highest BCUT2D eigenvalue weighted by Crippen LogP contribution is 2.20. The predicted octanol–water partition coefficient (Wildman–Crippen LogP) is 2.29. The van der Waals surface area contributed by atoms with Crippen molar-refractivity contribution in [2.45, 2.75) is 0 Å². The molecular weight excluding hydrogens is 276 g/mol. The third kappa shape index (κ3) is 2.00. The molecule has 3 rings (SSSR count). The van der Waals surface area contributed by atoms with Crippen LogP contribution < -0.4 is 5.43 Å². The zero-order chi connectivity index (χ0) is 15.1. The predicted molar refractivity (Wildman–Crippen MR) is 75.7 cm³/mol. The lowest BCUT2D eigenvalue weighted by Gasteiger charge is -2.03. The molecule has 0 saturated carbocycles. The lowest BCUT2D eigenvalue weighted by atomic mass is 10.1. The normalized spacial score (nSPS) is 10.9. The van der Waals surface area contributed by atoms with E-state index in [-0.39, 0.29) is 27.5 Å². The van der Waals surface area contributed by atoms with Crippen LogP contribution in [0, 0.1) is 10.1 Å². The molecule has 0 spiro atoms. The summed E-state index contributed by atoms with van der Waals surface area (Å²) >= 11 is 0. The molecule has 104 valence electrons. The number of hydrogen-bond donors (Lipinski definition) is 2. The number of nitro benzene ring substituents is 1. The minimum absolute atomic E-state index is 0.00858. The number of aromatic carboxylic acids is 1. The summed E-state index contributed by atoms with van der Waals surface area (Å²) in [6.45, 7) is 0. The molecule has 3 aromatic rings. The number of pyridine rings is 1. The first kappa shape index (κ1) is 12.8. The maximum Gasteiger partial charge on any atom is 0.335 e. The van der Waals surface area contributed by atoms with Crippen molar-refractivity contribution in [2.75, 3.05) is 0 Å². The molecule has 0 amide bonds. The highest BCUT2D eigenvalue weighted by molar-refractivity contribution is 5.97. The summed E-state index contributed by atoms with van der Waals surface area (Å²) in [5, 5.41) is 20.2. The molecule has 0 atom stereocenters. The summed E-state index contributed by atoms with van der Waals surface area (Å²) in [7, 11) is 0. The fourth-order valence-corrected chi connectivity index (χ4v) is 2.21. The number of aromatic nitrogens is 1. The van der Waals surface area contributed by atoms with Gasteiger partial charge in [0.25, 0.3) is 5.69 Å². The Bertz CT molecular complexity index is 974. The molecule has 0 radical (unpaired) electrons. The van der Waals surface area contributed by atoms with Gasteiger partial charge in [-0.25, -0.2) is 4.79 Å². The SMILES string of the molecule is O=C(O)c1ccc2[nH]c3cc([N+](=O)[O-])ccc3c(=O)c2c1. The Morgan fingerprint density at radius 3 is 2.52 bits per heavy atom. The first-order chi connectivity index (χ1) is 9.97. The Balaban J connectivity index is 2.40. The Morgan fingerprint density at radius 1 is 1.10 bits per heavy atom. The first-order valence-electron chi connectivity index (χ1n) is 5.95. The zero-order valence-corrected chi connectivity index (χ0v) is 10.5. The van der Waals surface area contributed by atoms with Crippen LogP contribution in [0.4, 0.5) is 5.69 Å². The molecule has 0 aliphatic rings. The molecule has 0 aliphatic carbocycles. The third-order valence-corrected chi connectivity index (χ3v) is 3.24. The fraction of sp³-hybridized carbons (Fsp3) is 0. The maximum atomic E-state index is 12.4. The molecule has 2 N–H and O–H groups in total. The topological polar surface area (TPSA) is 113 Å². The number of non-ortho nitro benzene ring substituents is 1. The lowest BCUT2D eigenvalue weighted by molar-refractivity contribution is -0.384. The van der Waals surface area contributed by atoms with Crippen LogP contribution in [0.15, 0.2) is 41.2 Å². The summed E-state index contributed by atoms with van der Waals surface area (Å²) in [5.41, 5.74) is 0.286. The first-order valence-corrected chi connectivity index (χ1v) is 5.95. The van der Waals surface area contributed by atoms with E-state index in [4.69, 9.17) is 5.11 Å². The van der Waals surface area contributed by atoms with Crippen LogP contribution in [0.1, 0.15) is 10.4 Å². The molecule has 1 aromatic heterocycles. The Hall–Kier alpha value is -3.22. The summed E-state index contributed by atoms with van der Waals surface area (Å²) in [5.74, 6) is -1.12. The number of rotatable bonds is 2. The average molecular weight is 284 g/mol. The molecule has 7 heteroatoms. The van der Waals surface area contributed by atoms with Crippen molar-refractivity contribution in [1.29, 1.82) is 0 Å². The highest BCUT2D eigenvalue weighted by Gasteiger charge is 2.12. The van der Waals surface area contributed by atoms with Crippen molar-refractivity contribution in [3.05, 3.63) is 62.3 Å². The van der Waals surface area contributed by atoms with Gasteiger partial charge in [0.05, 0.1) is 16.0 Å². The van der Waals surface area contributed by atoms with Crippen LogP contribution in [-0.2, 0) is 0 Å². The minimum Gasteiger partial charge on any atom is -0.478 e. The van der Waals surface area contributed by atoms with Gasteiger partial charge in [0, 0.05) is 28.4 Å². The summed E-state index contributed by atoms with van der Waals surface area (Å²) in [4.78, 5) is 36.4. The molecule has 0 aliphatic heterocycles. The van der Waals surface area contributed by atoms with E-state index in [9.17, 15) is 19.7 Å². The molecule has 7 nitrogen and oxygen atoms in total. The van der Waals surface area contributed by atoms with Crippen molar-refractivity contribution in [3.8, 4) is 0 Å². The van der Waals surface area contributed by atoms with E-state index in [1.54, 1.807) is 0 Å². The number of nitrogens with zero attached hydrogens (tertiary/aromatic N) is 1. The van der Waals surface area contributed by atoms with Crippen LogP contribution in [-0.4, -0.2) is 21.0 Å². The van der Waals surface area contributed by atoms with E-state index >= 15 is 0 Å². The van der Waals surface area contributed by atoms with E-state index in [0.29, 0.717) is 11.0 Å². The fourth-order valence-electron chi connectivity index (χ4n) is 2.21. The number of nitrogens with one attached hydrogen (secondary N) is 1. The van der Waals surface area contributed by atoms with Crippen LogP contribution >= 0.6 is 0 Å². The maximum absolute atomic E-state index is 12.4. The lowest BCUT2D eigenvalue weighted by Crippen LogP contribution is -2.06. The van der Waals surface area contributed by atoms with Gasteiger partial charge in [0.15, 0.2) is 5.43 Å². The van der Waals surface area contributed by atoms with Gasteiger partial charge >= 0.3 is 5.97 Å². The largest absolute Gasteiger partial charge is 0.478 e. The van der Waals surface area contributed by atoms with Gasteiger partial charge < -0.3 is 10.1 Å². The summed E-state index contributed by atoms with van der Waals surface area (Å²) in [6, 6.07) is 8.00. The molecule has 0 saturated heterocycles. The smallest absolute Gasteiger partial charge is 0.335 e. The molecule has 0 bridgehead atoms. The van der Waals surface area contributed by atoms with Crippen molar-refractivity contribution in [1.82, 2.24) is 4.98 Å². The van der Waals surface area contributed by atoms with E-state index in [1.807, 2.05) is 0 Å². The Labute approximate surface area is 116 Å². The van der Waals surface area contributed by atoms with Gasteiger partial charge in [-0.1, -0.05) is 0 Å². The van der Waals surface area contributed by atoms with Gasteiger partial charge in [-0.3, -0.25) is 14.9 Å². The number of fused-ring (bicyclic) bond motifs is 2. The number of nitro groups is 1. The quantitative estimate of drug-likeness (QED) is 0.425. The number of carbonyl (C=O) groups is 1. The van der Waals surface area contributed by atoms with Crippen LogP contribution in [0.3, 0.4) is 0 Å².